The molecule has 1 heterocycles. The first-order chi connectivity index (χ1) is 9.99. The van der Waals surface area contributed by atoms with Gasteiger partial charge < -0.3 is 10.3 Å². The minimum Gasteiger partial charge on any atom is -0.339 e. The molecule has 0 aliphatic heterocycles. The smallest absolute Gasteiger partial charge is 0.227 e. The maximum atomic E-state index is 13.6. The molecule has 21 heavy (non-hydrogen) atoms. The molecule has 0 fully saturated rings. The second kappa shape index (κ2) is 6.80. The normalized spacial score (nSPS) is 12.9. The van der Waals surface area contributed by atoms with E-state index in [1.165, 1.54) is 6.07 Å². The zero-order chi connectivity index (χ0) is 15.4. The molecule has 4 nitrogen and oxygen atoms in total. The Morgan fingerprint density at radius 2 is 2.10 bits per heavy atom. The van der Waals surface area contributed by atoms with Crippen molar-refractivity contribution in [3.05, 3.63) is 35.5 Å². The third kappa shape index (κ3) is 4.11. The molecular formula is C16H22FN3O. The molecule has 1 unspecified atom stereocenters. The molecule has 2 N–H and O–H groups in total. The van der Waals surface area contributed by atoms with Crippen LogP contribution in [-0.2, 0) is 6.42 Å². The largest absolute Gasteiger partial charge is 0.339 e. The Morgan fingerprint density at radius 1 is 1.33 bits per heavy atom. The molecule has 114 valence electrons. The van der Waals surface area contributed by atoms with Gasteiger partial charge in [-0.15, -0.1) is 0 Å². The summed E-state index contributed by atoms with van der Waals surface area (Å²) >= 11 is 0. The molecule has 5 heteroatoms. The molecule has 0 saturated carbocycles. The predicted molar refractivity (Wildman–Crippen MR) is 80.1 cm³/mol. The van der Waals surface area contributed by atoms with Crippen molar-refractivity contribution in [2.75, 3.05) is 6.54 Å². The number of benzene rings is 1. The number of hydrogen-bond acceptors (Lipinski definition) is 4. The van der Waals surface area contributed by atoms with Crippen LogP contribution in [0.5, 0.6) is 0 Å². The fourth-order valence-electron chi connectivity index (χ4n) is 2.36. The minimum absolute atomic E-state index is 0.265. The summed E-state index contributed by atoms with van der Waals surface area (Å²) in [6, 6.07) is 4.93. The molecule has 0 aliphatic carbocycles. The van der Waals surface area contributed by atoms with Crippen LogP contribution in [-0.4, -0.2) is 16.7 Å². The van der Waals surface area contributed by atoms with Crippen LogP contribution in [0.4, 0.5) is 4.39 Å². The fraction of sp³-hybridized carbons (Fsp3) is 0.500. The zero-order valence-corrected chi connectivity index (χ0v) is 12.8. The Labute approximate surface area is 124 Å². The lowest BCUT2D eigenvalue weighted by Crippen LogP contribution is -2.19. The fourth-order valence-corrected chi connectivity index (χ4v) is 2.36. The topological polar surface area (TPSA) is 64.9 Å². The number of aromatic nitrogens is 2. The quantitative estimate of drug-likeness (QED) is 0.886. The second-order valence-corrected chi connectivity index (χ2v) is 5.91. The van der Waals surface area contributed by atoms with E-state index in [-0.39, 0.29) is 5.82 Å². The second-order valence-electron chi connectivity index (χ2n) is 5.91. The number of aryl methyl sites for hydroxylation is 1. The van der Waals surface area contributed by atoms with Crippen molar-refractivity contribution >= 4 is 0 Å². The van der Waals surface area contributed by atoms with Gasteiger partial charge in [0.25, 0.3) is 0 Å². The molecule has 0 aliphatic rings. The van der Waals surface area contributed by atoms with Crippen LogP contribution in [0.15, 0.2) is 22.7 Å². The van der Waals surface area contributed by atoms with Crippen LogP contribution in [0.1, 0.15) is 31.7 Å². The lowest BCUT2D eigenvalue weighted by molar-refractivity contribution is 0.332. The molecule has 1 aromatic carbocycles. The zero-order valence-electron chi connectivity index (χ0n) is 12.8. The van der Waals surface area contributed by atoms with E-state index in [2.05, 4.69) is 24.0 Å². The maximum Gasteiger partial charge on any atom is 0.227 e. The Morgan fingerprint density at radius 3 is 2.71 bits per heavy atom. The summed E-state index contributed by atoms with van der Waals surface area (Å²) in [5, 5.41) is 3.93. The lowest BCUT2D eigenvalue weighted by atomic mass is 9.94. The predicted octanol–water partition coefficient (Wildman–Crippen LogP) is 3.35. The average molecular weight is 291 g/mol. The molecule has 0 amide bonds. The molecule has 0 saturated heterocycles. The van der Waals surface area contributed by atoms with Gasteiger partial charge in [0.2, 0.25) is 11.7 Å². The van der Waals surface area contributed by atoms with E-state index >= 15 is 0 Å². The number of rotatable bonds is 6. The van der Waals surface area contributed by atoms with E-state index in [4.69, 9.17) is 10.3 Å². The summed E-state index contributed by atoms with van der Waals surface area (Å²) in [5.41, 5.74) is 7.01. The lowest BCUT2D eigenvalue weighted by Gasteiger charge is -2.14. The van der Waals surface area contributed by atoms with Crippen molar-refractivity contribution in [2.24, 2.45) is 17.6 Å². The molecule has 2 rings (SSSR count). The van der Waals surface area contributed by atoms with Crippen LogP contribution in [0.2, 0.25) is 0 Å². The highest BCUT2D eigenvalue weighted by Gasteiger charge is 2.16. The minimum atomic E-state index is -0.265. The molecule has 0 bridgehead atoms. The summed E-state index contributed by atoms with van der Waals surface area (Å²) < 4.78 is 18.8. The molecule has 1 atom stereocenters. The highest BCUT2D eigenvalue weighted by atomic mass is 19.1. The third-order valence-electron chi connectivity index (χ3n) is 3.50. The Balaban J connectivity index is 2.11. The number of nitrogens with two attached hydrogens (primary N) is 1. The number of halogens is 1. The van der Waals surface area contributed by atoms with Crippen molar-refractivity contribution in [3.8, 4) is 11.4 Å². The maximum absolute atomic E-state index is 13.6. The first-order valence-electron chi connectivity index (χ1n) is 7.28. The van der Waals surface area contributed by atoms with Crippen molar-refractivity contribution < 1.29 is 8.91 Å². The van der Waals surface area contributed by atoms with Gasteiger partial charge in [-0.3, -0.25) is 0 Å². The summed E-state index contributed by atoms with van der Waals surface area (Å²) in [6.07, 6.45) is 1.68. The molecule has 1 aromatic heterocycles. The molecular weight excluding hydrogens is 269 g/mol. The van der Waals surface area contributed by atoms with Crippen LogP contribution in [0.25, 0.3) is 11.4 Å². The van der Waals surface area contributed by atoms with Gasteiger partial charge in [-0.25, -0.2) is 4.39 Å². The molecule has 2 aromatic rings. The van der Waals surface area contributed by atoms with E-state index in [0.717, 1.165) is 6.42 Å². The number of hydrogen-bond donors (Lipinski definition) is 1. The molecule has 0 radical (unpaired) electrons. The first-order valence-corrected chi connectivity index (χ1v) is 7.28. The monoisotopic (exact) mass is 291 g/mol. The molecule has 0 spiro atoms. The van der Waals surface area contributed by atoms with Crippen LogP contribution in [0, 0.1) is 24.6 Å². The van der Waals surface area contributed by atoms with Crippen LogP contribution < -0.4 is 5.73 Å². The Bertz CT molecular complexity index is 595. The van der Waals surface area contributed by atoms with Crippen molar-refractivity contribution in [1.82, 2.24) is 10.1 Å². The summed E-state index contributed by atoms with van der Waals surface area (Å²) in [5.74, 6) is 1.62. The third-order valence-corrected chi connectivity index (χ3v) is 3.50. The van der Waals surface area contributed by atoms with Gasteiger partial charge >= 0.3 is 0 Å². The highest BCUT2D eigenvalue weighted by Crippen LogP contribution is 2.21. The Hall–Kier alpha value is -1.75. The van der Waals surface area contributed by atoms with Crippen molar-refractivity contribution in [2.45, 2.75) is 33.6 Å². The summed E-state index contributed by atoms with van der Waals surface area (Å²) in [4.78, 5) is 4.35. The van der Waals surface area contributed by atoms with Gasteiger partial charge in [0.1, 0.15) is 5.82 Å². The van der Waals surface area contributed by atoms with Crippen molar-refractivity contribution in [1.29, 1.82) is 0 Å². The van der Waals surface area contributed by atoms with E-state index < -0.39 is 0 Å². The van der Waals surface area contributed by atoms with E-state index in [1.54, 1.807) is 19.1 Å². The van der Waals surface area contributed by atoms with Gasteiger partial charge in [0.15, 0.2) is 0 Å². The van der Waals surface area contributed by atoms with E-state index in [0.29, 0.717) is 47.6 Å². The van der Waals surface area contributed by atoms with Crippen molar-refractivity contribution in [3.63, 3.8) is 0 Å². The van der Waals surface area contributed by atoms with Gasteiger partial charge in [0.05, 0.1) is 0 Å². The standard InChI is InChI=1S/C16H22FN3O/c1-10(2)6-12(9-18)7-15-19-16(20-21-15)13-5-4-11(3)14(17)8-13/h4-5,8,10,12H,6-7,9,18H2,1-3H3. The van der Waals surface area contributed by atoms with E-state index in [1.807, 2.05) is 0 Å². The Kier molecular flexibility index (Phi) is 5.07. The van der Waals surface area contributed by atoms with Gasteiger partial charge in [-0.2, -0.15) is 4.98 Å². The average Bonchev–Trinajstić information content (AvgIpc) is 2.89. The summed E-state index contributed by atoms with van der Waals surface area (Å²) in [7, 11) is 0. The first kappa shape index (κ1) is 15.6. The number of nitrogens with zero attached hydrogens (tertiary/aromatic N) is 2. The van der Waals surface area contributed by atoms with Crippen LogP contribution in [0.3, 0.4) is 0 Å². The van der Waals surface area contributed by atoms with Gasteiger partial charge in [-0.1, -0.05) is 31.1 Å². The van der Waals surface area contributed by atoms with Crippen LogP contribution >= 0.6 is 0 Å². The van der Waals surface area contributed by atoms with E-state index in [9.17, 15) is 4.39 Å². The summed E-state index contributed by atoms with van der Waals surface area (Å²) in [6.45, 7) is 6.64. The highest BCUT2D eigenvalue weighted by molar-refractivity contribution is 5.54. The van der Waals surface area contributed by atoms with Gasteiger partial charge in [-0.05, 0) is 43.4 Å². The van der Waals surface area contributed by atoms with Gasteiger partial charge in [0, 0.05) is 12.0 Å². The SMILES string of the molecule is Cc1ccc(-c2noc(CC(CN)CC(C)C)n2)cc1F.